The quantitative estimate of drug-likeness (QED) is 0.171. The second-order valence-electron chi connectivity index (χ2n) is 8.87. The number of carbonyl (C=O) groups excluding carboxylic acids is 2. The lowest BCUT2D eigenvalue weighted by Crippen LogP contribution is -2.29. The fraction of sp³-hybridized carbons (Fsp3) is 0.172. The van der Waals surface area contributed by atoms with E-state index in [0.29, 0.717) is 17.0 Å². The number of aliphatic hydroxyl groups is 1. The van der Waals surface area contributed by atoms with Gasteiger partial charge in [-0.25, -0.2) is 0 Å². The fourth-order valence-corrected chi connectivity index (χ4v) is 5.71. The van der Waals surface area contributed by atoms with Crippen molar-refractivity contribution in [1.29, 1.82) is 0 Å². The molecule has 200 valence electrons. The number of nitrogens with zero attached hydrogens (tertiary/aromatic N) is 2. The molecule has 1 amide bonds. The van der Waals surface area contributed by atoms with Crippen LogP contribution >= 0.6 is 23.2 Å². The number of halogens is 2. The summed E-state index contributed by atoms with van der Waals surface area (Å²) in [5.41, 5.74) is 1.90. The number of para-hydroxylation sites is 1. The first kappa shape index (κ1) is 26.5. The maximum atomic E-state index is 13.7. The zero-order chi connectivity index (χ0) is 28.0. The summed E-state index contributed by atoms with van der Waals surface area (Å²) >= 11 is 12.9. The Labute approximate surface area is 234 Å². The number of carbonyl (C=O) groups is 2. The monoisotopic (exact) mass is 566 g/mol. The summed E-state index contributed by atoms with van der Waals surface area (Å²) in [5.74, 6) is -1.37. The fourth-order valence-electron chi connectivity index (χ4n) is 5.02. The van der Waals surface area contributed by atoms with Crippen molar-refractivity contribution in [2.24, 2.45) is 7.05 Å². The molecule has 1 fully saturated rings. The zero-order valence-electron chi connectivity index (χ0n) is 21.5. The molecule has 8 nitrogen and oxygen atoms in total. The molecule has 0 bridgehead atoms. The van der Waals surface area contributed by atoms with E-state index < -0.39 is 23.5 Å². The van der Waals surface area contributed by atoms with Crippen LogP contribution in [-0.2, 0) is 16.6 Å². The molecule has 5 rings (SSSR count). The van der Waals surface area contributed by atoms with Crippen molar-refractivity contribution in [2.45, 2.75) is 6.04 Å². The van der Waals surface area contributed by atoms with E-state index in [1.165, 1.54) is 32.3 Å². The van der Waals surface area contributed by atoms with Gasteiger partial charge < -0.3 is 23.9 Å². The first-order valence-electron chi connectivity index (χ1n) is 11.8. The number of Topliss-reactive ketones (excluding diaryl/α,β-unsaturated/α-hetero) is 1. The van der Waals surface area contributed by atoms with Crippen molar-refractivity contribution >= 4 is 57.2 Å². The average molecular weight is 567 g/mol. The van der Waals surface area contributed by atoms with Crippen LogP contribution in [0.4, 0.5) is 5.69 Å². The lowest BCUT2D eigenvalue weighted by Gasteiger charge is -2.25. The number of aryl methyl sites for hydroxylation is 1. The molecule has 1 aliphatic rings. The van der Waals surface area contributed by atoms with Crippen LogP contribution in [0.5, 0.6) is 17.2 Å². The van der Waals surface area contributed by atoms with Crippen molar-refractivity contribution < 1.29 is 28.9 Å². The molecule has 3 aromatic carbocycles. The number of fused-ring (bicyclic) bond motifs is 1. The van der Waals surface area contributed by atoms with Crippen molar-refractivity contribution in [3.63, 3.8) is 0 Å². The Bertz CT molecular complexity index is 1660. The summed E-state index contributed by atoms with van der Waals surface area (Å²) in [6.07, 6.45) is 1.84. The molecular formula is C29H24Cl2N2O6. The number of rotatable bonds is 6. The van der Waals surface area contributed by atoms with Gasteiger partial charge in [0.1, 0.15) is 16.5 Å². The van der Waals surface area contributed by atoms with E-state index in [1.807, 2.05) is 42.1 Å². The van der Waals surface area contributed by atoms with Crippen LogP contribution in [0.1, 0.15) is 17.2 Å². The Morgan fingerprint density at radius 3 is 2.23 bits per heavy atom. The highest BCUT2D eigenvalue weighted by Crippen LogP contribution is 2.49. The van der Waals surface area contributed by atoms with Gasteiger partial charge in [0, 0.05) is 35.4 Å². The van der Waals surface area contributed by atoms with E-state index in [2.05, 4.69) is 0 Å². The number of ketones is 1. The molecule has 4 aromatic rings. The molecule has 0 radical (unpaired) electrons. The van der Waals surface area contributed by atoms with Crippen LogP contribution in [0.25, 0.3) is 16.7 Å². The second kappa shape index (κ2) is 10.2. The summed E-state index contributed by atoms with van der Waals surface area (Å²) in [4.78, 5) is 28.7. The maximum Gasteiger partial charge on any atom is 0.300 e. The van der Waals surface area contributed by atoms with Crippen molar-refractivity contribution in [3.8, 4) is 17.2 Å². The third-order valence-electron chi connectivity index (χ3n) is 6.81. The van der Waals surface area contributed by atoms with Gasteiger partial charge in [0.15, 0.2) is 11.5 Å². The number of benzene rings is 3. The Morgan fingerprint density at radius 2 is 1.59 bits per heavy atom. The predicted octanol–water partition coefficient (Wildman–Crippen LogP) is 6.14. The summed E-state index contributed by atoms with van der Waals surface area (Å²) in [6.45, 7) is 0. The van der Waals surface area contributed by atoms with Gasteiger partial charge in [0.25, 0.3) is 11.7 Å². The van der Waals surface area contributed by atoms with Crippen LogP contribution in [-0.4, -0.2) is 42.7 Å². The van der Waals surface area contributed by atoms with E-state index in [4.69, 9.17) is 37.4 Å². The van der Waals surface area contributed by atoms with Gasteiger partial charge in [-0.15, -0.1) is 0 Å². The molecule has 0 spiro atoms. The highest BCUT2D eigenvalue weighted by atomic mass is 35.5. The van der Waals surface area contributed by atoms with Crippen molar-refractivity contribution in [1.82, 2.24) is 4.57 Å². The Hall–Kier alpha value is -4.14. The van der Waals surface area contributed by atoms with Gasteiger partial charge in [-0.2, -0.15) is 0 Å². The molecule has 1 unspecified atom stereocenters. The smallest absolute Gasteiger partial charge is 0.300 e. The maximum absolute atomic E-state index is 13.7. The molecule has 1 aliphatic heterocycles. The van der Waals surface area contributed by atoms with E-state index in [0.717, 1.165) is 10.9 Å². The topological polar surface area (TPSA) is 90.2 Å². The molecule has 10 heteroatoms. The highest BCUT2D eigenvalue weighted by Gasteiger charge is 2.48. The molecule has 2 heterocycles. The third kappa shape index (κ3) is 4.16. The van der Waals surface area contributed by atoms with Crippen LogP contribution < -0.4 is 19.1 Å². The van der Waals surface area contributed by atoms with Gasteiger partial charge in [-0.1, -0.05) is 41.4 Å². The van der Waals surface area contributed by atoms with Gasteiger partial charge in [0.05, 0.1) is 43.5 Å². The minimum Gasteiger partial charge on any atom is -0.507 e. The molecule has 1 saturated heterocycles. The van der Waals surface area contributed by atoms with E-state index in [1.54, 1.807) is 24.3 Å². The largest absolute Gasteiger partial charge is 0.507 e. The molecule has 1 N–H and O–H groups in total. The van der Waals surface area contributed by atoms with Gasteiger partial charge in [-0.05, 0) is 36.4 Å². The van der Waals surface area contributed by atoms with Gasteiger partial charge >= 0.3 is 0 Å². The van der Waals surface area contributed by atoms with Gasteiger partial charge in [-0.3, -0.25) is 14.5 Å². The minimum atomic E-state index is -0.978. The van der Waals surface area contributed by atoms with Crippen LogP contribution in [0.3, 0.4) is 0 Å². The first-order chi connectivity index (χ1) is 18.7. The highest BCUT2D eigenvalue weighted by molar-refractivity contribution is 6.52. The molecule has 0 saturated carbocycles. The second-order valence-corrected chi connectivity index (χ2v) is 9.65. The van der Waals surface area contributed by atoms with Crippen LogP contribution in [0.15, 0.2) is 66.4 Å². The Kier molecular flexibility index (Phi) is 6.92. The SMILES string of the molecule is COc1ccc(N2C(=O)C(=O)/C(=C(/O)c3cc(Cl)c(OC)c(Cl)c3OC)C2c2cn(C)c3ccccc23)cc1. The lowest BCUT2D eigenvalue weighted by atomic mass is 9.94. The number of hydrogen-bond donors (Lipinski definition) is 1. The third-order valence-corrected chi connectivity index (χ3v) is 7.44. The zero-order valence-corrected chi connectivity index (χ0v) is 23.0. The number of ether oxygens (including phenoxy) is 3. The van der Waals surface area contributed by atoms with Crippen molar-refractivity contribution in [3.05, 3.63) is 87.5 Å². The predicted molar refractivity (Wildman–Crippen MR) is 150 cm³/mol. The summed E-state index contributed by atoms with van der Waals surface area (Å²) < 4.78 is 17.9. The summed E-state index contributed by atoms with van der Waals surface area (Å²) in [7, 11) is 6.17. The molecule has 0 aliphatic carbocycles. The molecule has 1 atom stereocenters. The number of amides is 1. The average Bonchev–Trinajstić information content (AvgIpc) is 3.41. The molecule has 1 aromatic heterocycles. The number of anilines is 1. The number of aliphatic hydroxyl groups excluding tert-OH is 1. The van der Waals surface area contributed by atoms with Gasteiger partial charge in [0.2, 0.25) is 0 Å². The van der Waals surface area contributed by atoms with Crippen molar-refractivity contribution in [2.75, 3.05) is 26.2 Å². The number of hydrogen-bond acceptors (Lipinski definition) is 6. The summed E-state index contributed by atoms with van der Waals surface area (Å²) in [5, 5.41) is 12.6. The van der Waals surface area contributed by atoms with E-state index in [9.17, 15) is 14.7 Å². The van der Waals surface area contributed by atoms with E-state index in [-0.39, 0.29) is 32.7 Å². The Balaban J connectivity index is 1.83. The standard InChI is InChI=1S/C29H24Cl2N2O6/c1-32-14-19(17-7-5-6-8-21(17)32)24-22(25(34)18-13-20(30)28(39-4)23(31)27(18)38-3)26(35)29(36)33(24)15-9-11-16(37-2)12-10-15/h5-14,24,34H,1-4H3/b25-22+. The minimum absolute atomic E-state index is 0.0140. The first-order valence-corrected chi connectivity index (χ1v) is 12.6. The lowest BCUT2D eigenvalue weighted by molar-refractivity contribution is -0.132. The number of aromatic nitrogens is 1. The number of methoxy groups -OCH3 is 3. The Morgan fingerprint density at radius 1 is 0.923 bits per heavy atom. The molecular weight excluding hydrogens is 543 g/mol. The normalized spacial score (nSPS) is 16.7. The van der Waals surface area contributed by atoms with Crippen LogP contribution in [0, 0.1) is 0 Å². The van der Waals surface area contributed by atoms with E-state index >= 15 is 0 Å². The van der Waals surface area contributed by atoms with Crippen LogP contribution in [0.2, 0.25) is 10.0 Å². The summed E-state index contributed by atoms with van der Waals surface area (Å²) in [6, 6.07) is 14.8. The molecule has 39 heavy (non-hydrogen) atoms.